The first-order valence-corrected chi connectivity index (χ1v) is 10.6. The number of rotatable bonds is 8. The van der Waals surface area contributed by atoms with E-state index in [1.807, 2.05) is 54.6 Å². The van der Waals surface area contributed by atoms with Gasteiger partial charge in [-0.15, -0.1) is 11.8 Å². The van der Waals surface area contributed by atoms with Crippen LogP contribution in [-0.4, -0.2) is 23.1 Å². The molecule has 0 fully saturated rings. The Morgan fingerprint density at radius 1 is 1.00 bits per heavy atom. The van der Waals surface area contributed by atoms with Crippen molar-refractivity contribution in [3.63, 3.8) is 0 Å². The standard InChI is InChI=1S/C23H19ClN2O3S/c24-19-8-12-21(13-9-19)30-15-14-25-23(27)22(18-4-2-1-3-5-18)16-17-6-10-20(11-7-17)26(28)29/h1-13,16H,14-15H2,(H,25,27)/b22-16+. The largest absolute Gasteiger partial charge is 0.351 e. The molecule has 152 valence electrons. The molecule has 0 saturated carbocycles. The van der Waals surface area contributed by atoms with Crippen LogP contribution in [0.1, 0.15) is 11.1 Å². The summed E-state index contributed by atoms with van der Waals surface area (Å²) < 4.78 is 0. The van der Waals surface area contributed by atoms with E-state index in [1.165, 1.54) is 12.1 Å². The van der Waals surface area contributed by atoms with Crippen molar-refractivity contribution in [2.24, 2.45) is 0 Å². The molecule has 1 amide bonds. The van der Waals surface area contributed by atoms with Gasteiger partial charge in [0.15, 0.2) is 0 Å². The molecule has 0 unspecified atom stereocenters. The summed E-state index contributed by atoms with van der Waals surface area (Å²) in [4.78, 5) is 24.3. The lowest BCUT2D eigenvalue weighted by atomic mass is 10.0. The molecule has 30 heavy (non-hydrogen) atoms. The number of hydrogen-bond donors (Lipinski definition) is 1. The number of nitro benzene ring substituents is 1. The first-order valence-electron chi connectivity index (χ1n) is 9.21. The van der Waals surface area contributed by atoms with Crippen LogP contribution in [0.15, 0.2) is 83.8 Å². The average Bonchev–Trinajstić information content (AvgIpc) is 2.77. The minimum atomic E-state index is -0.448. The van der Waals surface area contributed by atoms with Gasteiger partial charge in [-0.25, -0.2) is 0 Å². The number of non-ortho nitro benzene ring substituents is 1. The topological polar surface area (TPSA) is 72.2 Å². The number of hydrogen-bond acceptors (Lipinski definition) is 4. The highest BCUT2D eigenvalue weighted by Crippen LogP contribution is 2.22. The van der Waals surface area contributed by atoms with Gasteiger partial charge in [0.05, 0.1) is 4.92 Å². The molecular formula is C23H19ClN2O3S. The lowest BCUT2D eigenvalue weighted by molar-refractivity contribution is -0.384. The summed E-state index contributed by atoms with van der Waals surface area (Å²) in [7, 11) is 0. The van der Waals surface area contributed by atoms with Crippen molar-refractivity contribution in [2.75, 3.05) is 12.3 Å². The molecule has 0 aliphatic rings. The molecule has 0 bridgehead atoms. The normalized spacial score (nSPS) is 11.2. The monoisotopic (exact) mass is 438 g/mol. The Morgan fingerprint density at radius 3 is 2.30 bits per heavy atom. The summed E-state index contributed by atoms with van der Waals surface area (Å²) in [6.07, 6.45) is 1.74. The van der Waals surface area contributed by atoms with Gasteiger partial charge >= 0.3 is 0 Å². The van der Waals surface area contributed by atoms with E-state index in [2.05, 4.69) is 5.32 Å². The highest BCUT2D eigenvalue weighted by atomic mass is 35.5. The second kappa shape index (κ2) is 10.6. The molecular weight excluding hydrogens is 420 g/mol. The highest BCUT2D eigenvalue weighted by Gasteiger charge is 2.12. The van der Waals surface area contributed by atoms with E-state index in [0.717, 1.165) is 10.5 Å². The zero-order valence-electron chi connectivity index (χ0n) is 16.0. The van der Waals surface area contributed by atoms with Crippen LogP contribution in [0.2, 0.25) is 5.02 Å². The number of carbonyl (C=O) groups excluding carboxylic acids is 1. The van der Waals surface area contributed by atoms with E-state index < -0.39 is 4.92 Å². The van der Waals surface area contributed by atoms with Gasteiger partial charge in [0.25, 0.3) is 11.6 Å². The molecule has 0 aliphatic carbocycles. The zero-order chi connectivity index (χ0) is 21.3. The number of thioether (sulfide) groups is 1. The van der Waals surface area contributed by atoms with Gasteiger partial charge in [-0.2, -0.15) is 0 Å². The molecule has 5 nitrogen and oxygen atoms in total. The minimum Gasteiger partial charge on any atom is -0.351 e. The van der Waals surface area contributed by atoms with E-state index in [1.54, 1.807) is 30.0 Å². The molecule has 0 radical (unpaired) electrons. The number of amides is 1. The van der Waals surface area contributed by atoms with Crippen LogP contribution >= 0.6 is 23.4 Å². The predicted molar refractivity (Wildman–Crippen MR) is 123 cm³/mol. The Kier molecular flexibility index (Phi) is 7.65. The third kappa shape index (κ3) is 6.20. The van der Waals surface area contributed by atoms with E-state index in [0.29, 0.717) is 28.5 Å². The Hall–Kier alpha value is -3.09. The van der Waals surface area contributed by atoms with Crippen LogP contribution in [0, 0.1) is 10.1 Å². The second-order valence-corrected chi connectivity index (χ2v) is 7.94. The number of halogens is 1. The van der Waals surface area contributed by atoms with Crippen molar-refractivity contribution in [1.82, 2.24) is 5.32 Å². The molecule has 3 rings (SSSR count). The van der Waals surface area contributed by atoms with Gasteiger partial charge < -0.3 is 5.32 Å². The summed E-state index contributed by atoms with van der Waals surface area (Å²) in [6, 6.07) is 23.0. The Bertz CT molecular complexity index is 1040. The second-order valence-electron chi connectivity index (χ2n) is 6.33. The quantitative estimate of drug-likeness (QED) is 0.122. The minimum absolute atomic E-state index is 0.0112. The molecule has 0 aliphatic heterocycles. The lowest BCUT2D eigenvalue weighted by Gasteiger charge is -2.10. The summed E-state index contributed by atoms with van der Waals surface area (Å²) in [6.45, 7) is 0.497. The Balaban J connectivity index is 1.69. The van der Waals surface area contributed by atoms with Crippen LogP contribution in [0.3, 0.4) is 0 Å². The fourth-order valence-electron chi connectivity index (χ4n) is 2.72. The molecule has 0 heterocycles. The third-order valence-electron chi connectivity index (χ3n) is 4.21. The van der Waals surface area contributed by atoms with Crippen LogP contribution in [0.25, 0.3) is 11.6 Å². The number of nitro groups is 1. The van der Waals surface area contributed by atoms with E-state index in [-0.39, 0.29) is 11.6 Å². The van der Waals surface area contributed by atoms with Crippen molar-refractivity contribution >= 4 is 46.6 Å². The average molecular weight is 439 g/mol. The van der Waals surface area contributed by atoms with Gasteiger partial charge in [0, 0.05) is 39.9 Å². The summed E-state index contributed by atoms with van der Waals surface area (Å²) in [5, 5.41) is 14.5. The molecule has 3 aromatic carbocycles. The summed E-state index contributed by atoms with van der Waals surface area (Å²) in [5.41, 5.74) is 2.00. The fraction of sp³-hybridized carbons (Fsp3) is 0.0870. The van der Waals surface area contributed by atoms with E-state index in [9.17, 15) is 14.9 Å². The highest BCUT2D eigenvalue weighted by molar-refractivity contribution is 7.99. The van der Waals surface area contributed by atoms with Crippen molar-refractivity contribution < 1.29 is 9.72 Å². The van der Waals surface area contributed by atoms with Crippen molar-refractivity contribution in [3.05, 3.63) is 105 Å². The van der Waals surface area contributed by atoms with Crippen LogP contribution in [0.5, 0.6) is 0 Å². The van der Waals surface area contributed by atoms with Crippen LogP contribution in [0.4, 0.5) is 5.69 Å². The summed E-state index contributed by atoms with van der Waals surface area (Å²) in [5.74, 6) is 0.517. The van der Waals surface area contributed by atoms with Gasteiger partial charge in [-0.1, -0.05) is 41.9 Å². The predicted octanol–water partition coefficient (Wildman–Crippen LogP) is 5.70. The molecule has 0 spiro atoms. The maximum atomic E-state index is 12.9. The fourth-order valence-corrected chi connectivity index (χ4v) is 3.61. The smallest absolute Gasteiger partial charge is 0.269 e. The molecule has 0 aromatic heterocycles. The van der Waals surface area contributed by atoms with Crippen LogP contribution < -0.4 is 5.32 Å². The number of benzene rings is 3. The SMILES string of the molecule is O=C(NCCSc1ccc(Cl)cc1)/C(=C/c1ccc([N+](=O)[O-])cc1)c1ccccc1. The van der Waals surface area contributed by atoms with Crippen LogP contribution in [-0.2, 0) is 4.79 Å². The van der Waals surface area contributed by atoms with Crippen molar-refractivity contribution in [1.29, 1.82) is 0 Å². The molecule has 7 heteroatoms. The molecule has 0 saturated heterocycles. The van der Waals surface area contributed by atoms with E-state index in [4.69, 9.17) is 11.6 Å². The van der Waals surface area contributed by atoms with Crippen molar-refractivity contribution in [2.45, 2.75) is 4.90 Å². The Labute approximate surface area is 183 Å². The maximum absolute atomic E-state index is 12.9. The van der Waals surface area contributed by atoms with Crippen molar-refractivity contribution in [3.8, 4) is 0 Å². The molecule has 0 atom stereocenters. The Morgan fingerprint density at radius 2 is 1.67 bits per heavy atom. The third-order valence-corrected chi connectivity index (χ3v) is 5.48. The maximum Gasteiger partial charge on any atom is 0.269 e. The zero-order valence-corrected chi connectivity index (χ0v) is 17.5. The lowest BCUT2D eigenvalue weighted by Crippen LogP contribution is -2.26. The van der Waals surface area contributed by atoms with Gasteiger partial charge in [0.2, 0.25) is 0 Å². The number of nitrogens with zero attached hydrogens (tertiary/aromatic N) is 1. The molecule has 3 aromatic rings. The number of carbonyl (C=O) groups is 1. The molecule has 1 N–H and O–H groups in total. The first-order chi connectivity index (χ1) is 14.5. The summed E-state index contributed by atoms with van der Waals surface area (Å²) >= 11 is 7.52. The number of nitrogens with one attached hydrogen (secondary N) is 1. The van der Waals surface area contributed by atoms with E-state index >= 15 is 0 Å². The first kappa shape index (κ1) is 21.6. The van der Waals surface area contributed by atoms with Gasteiger partial charge in [-0.05, 0) is 53.6 Å². The van der Waals surface area contributed by atoms with Gasteiger partial charge in [-0.3, -0.25) is 14.9 Å². The van der Waals surface area contributed by atoms with Gasteiger partial charge in [0.1, 0.15) is 0 Å².